The Bertz CT molecular complexity index is 1350. The zero-order valence-corrected chi connectivity index (χ0v) is 25.6. The van der Waals surface area contributed by atoms with Gasteiger partial charge in [0.05, 0.1) is 29.5 Å². The predicted octanol–water partition coefficient (Wildman–Crippen LogP) is 5.40. The molecule has 0 unspecified atom stereocenters. The van der Waals surface area contributed by atoms with E-state index in [1.807, 2.05) is 13.8 Å². The summed E-state index contributed by atoms with van der Waals surface area (Å²) in [5.41, 5.74) is 2.41. The lowest BCUT2D eigenvalue weighted by atomic mass is 9.81. The van der Waals surface area contributed by atoms with Gasteiger partial charge in [-0.2, -0.15) is 18.3 Å². The Balaban J connectivity index is 1.40. The number of halogens is 3. The quantitative estimate of drug-likeness (QED) is 0.369. The highest BCUT2D eigenvalue weighted by atomic mass is 32.2. The van der Waals surface area contributed by atoms with Crippen molar-refractivity contribution >= 4 is 21.6 Å². The molecule has 2 fully saturated rings. The minimum atomic E-state index is -4.12. The van der Waals surface area contributed by atoms with Crippen molar-refractivity contribution in [1.29, 1.82) is 0 Å². The van der Waals surface area contributed by atoms with Crippen molar-refractivity contribution in [2.75, 3.05) is 31.8 Å². The summed E-state index contributed by atoms with van der Waals surface area (Å²) in [6.07, 6.45) is 2.93. The summed E-state index contributed by atoms with van der Waals surface area (Å²) in [7, 11) is -1.49. The first-order valence-corrected chi connectivity index (χ1v) is 16.7. The average molecular weight is 614 g/mol. The molecular formula is C29H42F3N5O4S. The molecule has 42 heavy (non-hydrogen) atoms. The molecule has 0 spiro atoms. The lowest BCUT2D eigenvalue weighted by molar-refractivity contribution is -0.183. The number of pyridine rings is 1. The second-order valence-electron chi connectivity index (χ2n) is 11.7. The molecule has 2 heterocycles. The number of sulfone groups is 1. The molecule has 9 nitrogen and oxygen atoms in total. The fourth-order valence-corrected chi connectivity index (χ4v) is 7.37. The summed E-state index contributed by atoms with van der Waals surface area (Å²) in [6, 6.07) is 1.76. The normalized spacial score (nSPS) is 23.4. The molecule has 234 valence electrons. The molecule has 2 aromatic heterocycles. The zero-order chi connectivity index (χ0) is 30.7. The highest BCUT2D eigenvalue weighted by molar-refractivity contribution is 7.91. The Labute approximate surface area is 245 Å². The number of nitrogens with one attached hydrogen (secondary N) is 2. The van der Waals surface area contributed by atoms with Gasteiger partial charge in [0.15, 0.2) is 5.69 Å². The molecule has 0 aromatic carbocycles. The summed E-state index contributed by atoms with van der Waals surface area (Å²) >= 11 is 0. The molecule has 0 saturated heterocycles. The Morgan fingerprint density at radius 2 is 1.69 bits per heavy atom. The van der Waals surface area contributed by atoms with Gasteiger partial charge in [-0.25, -0.2) is 13.4 Å². The van der Waals surface area contributed by atoms with Crippen LogP contribution in [0.25, 0.3) is 11.3 Å². The van der Waals surface area contributed by atoms with Gasteiger partial charge in [-0.1, -0.05) is 0 Å². The number of carbonyl (C=O) groups excluding carboxylic acids is 1. The highest BCUT2D eigenvalue weighted by Crippen LogP contribution is 2.40. The molecule has 2 aliphatic carbocycles. The summed E-state index contributed by atoms with van der Waals surface area (Å²) < 4.78 is 70.0. The molecule has 2 N–H and O–H groups in total. The lowest BCUT2D eigenvalue weighted by Crippen LogP contribution is -2.34. The molecule has 2 aliphatic rings. The number of amides is 1. The van der Waals surface area contributed by atoms with Gasteiger partial charge in [0, 0.05) is 43.7 Å². The average Bonchev–Trinajstić information content (AvgIpc) is 3.30. The monoisotopic (exact) mass is 613 g/mol. The van der Waals surface area contributed by atoms with E-state index in [1.165, 1.54) is 6.26 Å². The van der Waals surface area contributed by atoms with Gasteiger partial charge in [0.25, 0.3) is 5.91 Å². The van der Waals surface area contributed by atoms with Gasteiger partial charge in [-0.15, -0.1) is 0 Å². The first-order chi connectivity index (χ1) is 19.8. The number of anilines is 1. The summed E-state index contributed by atoms with van der Waals surface area (Å²) in [5, 5.41) is 10.5. The predicted molar refractivity (Wildman–Crippen MR) is 155 cm³/mol. The molecule has 13 heteroatoms. The maximum atomic E-state index is 13.2. The van der Waals surface area contributed by atoms with Crippen LogP contribution < -0.4 is 15.4 Å². The number of nitrogens with zero attached hydrogens (tertiary/aromatic N) is 3. The maximum absolute atomic E-state index is 13.2. The number of ether oxygens (including phenoxy) is 1. The second-order valence-corrected chi connectivity index (χ2v) is 14.1. The van der Waals surface area contributed by atoms with Crippen LogP contribution in [0, 0.1) is 24.7 Å². The number of hydrogen-bond donors (Lipinski definition) is 2. The third kappa shape index (κ3) is 7.57. The van der Waals surface area contributed by atoms with Gasteiger partial charge in [-0.05, 0) is 77.0 Å². The van der Waals surface area contributed by atoms with Gasteiger partial charge < -0.3 is 15.4 Å². The van der Waals surface area contributed by atoms with Crippen LogP contribution in [-0.2, 0) is 16.4 Å². The van der Waals surface area contributed by atoms with Crippen LogP contribution >= 0.6 is 0 Å². The van der Waals surface area contributed by atoms with E-state index >= 15 is 0 Å². The van der Waals surface area contributed by atoms with E-state index in [9.17, 15) is 26.4 Å². The van der Waals surface area contributed by atoms with Crippen LogP contribution in [-0.4, -0.2) is 67.0 Å². The van der Waals surface area contributed by atoms with Crippen LogP contribution in [0.4, 0.5) is 19.0 Å². The Morgan fingerprint density at radius 1 is 1.07 bits per heavy atom. The van der Waals surface area contributed by atoms with Gasteiger partial charge in [-0.3, -0.25) is 9.48 Å². The standard InChI is InChI=1S/C29H42F3N5O4S/c1-5-37-27(18(2)26(36-37)28(38)35-16-20-8-12-22(13-9-20)42(4,39)40)23-17-34-25(14-24(23)41-3)33-15-19-6-10-21(11-7-19)29(30,31)32/h14,17,19-22H,5-13,15-16H2,1-4H3,(H,33,34)(H,35,38)/t19-,20-,21-,22-. The van der Waals surface area contributed by atoms with Crippen molar-refractivity contribution in [3.8, 4) is 17.0 Å². The van der Waals surface area contributed by atoms with Crippen molar-refractivity contribution in [3.05, 3.63) is 23.5 Å². The largest absolute Gasteiger partial charge is 0.496 e. The number of aryl methyl sites for hydroxylation is 1. The number of rotatable bonds is 10. The number of alkyl halides is 3. The van der Waals surface area contributed by atoms with Crippen LogP contribution in [0.5, 0.6) is 5.75 Å². The maximum Gasteiger partial charge on any atom is 0.391 e. The van der Waals surface area contributed by atoms with Crippen LogP contribution in [0.15, 0.2) is 12.3 Å². The van der Waals surface area contributed by atoms with Crippen LogP contribution in [0.2, 0.25) is 0 Å². The minimum Gasteiger partial charge on any atom is -0.496 e. The Morgan fingerprint density at radius 3 is 2.26 bits per heavy atom. The van der Waals surface area contributed by atoms with E-state index in [-0.39, 0.29) is 35.8 Å². The lowest BCUT2D eigenvalue weighted by Gasteiger charge is -2.30. The summed E-state index contributed by atoms with van der Waals surface area (Å²) in [4.78, 5) is 17.7. The first kappa shape index (κ1) is 32.1. The van der Waals surface area contributed by atoms with Gasteiger partial charge in [0.2, 0.25) is 0 Å². The molecule has 0 radical (unpaired) electrons. The molecule has 0 aliphatic heterocycles. The second kappa shape index (κ2) is 13.2. The minimum absolute atomic E-state index is 0.149. The molecule has 2 aromatic rings. The number of hydrogen-bond acceptors (Lipinski definition) is 7. The van der Waals surface area contributed by atoms with E-state index < -0.39 is 21.9 Å². The number of aromatic nitrogens is 3. The van der Waals surface area contributed by atoms with Crippen molar-refractivity contribution in [3.63, 3.8) is 0 Å². The van der Waals surface area contributed by atoms with E-state index in [0.717, 1.165) is 18.5 Å². The summed E-state index contributed by atoms with van der Waals surface area (Å²) in [6.45, 7) is 5.28. The van der Waals surface area contributed by atoms with Crippen LogP contribution in [0.3, 0.4) is 0 Å². The SMILES string of the molecule is CCn1nc(C(=O)NC[C@H]2CC[C@H](S(C)(=O)=O)CC2)c(C)c1-c1cnc(NC[C@H]2CC[C@H](C(F)(F)F)CC2)cc1OC. The van der Waals surface area contributed by atoms with Crippen LogP contribution in [0.1, 0.15) is 74.3 Å². The van der Waals surface area contributed by atoms with Crippen molar-refractivity contribution in [2.45, 2.75) is 83.2 Å². The molecule has 2 saturated carbocycles. The summed E-state index contributed by atoms with van der Waals surface area (Å²) in [5.74, 6) is 0.000933. The zero-order valence-electron chi connectivity index (χ0n) is 24.8. The molecule has 0 bridgehead atoms. The molecule has 1 amide bonds. The Kier molecular flexibility index (Phi) is 10.1. The van der Waals surface area contributed by atoms with E-state index in [0.29, 0.717) is 73.7 Å². The Hall–Kier alpha value is -2.83. The van der Waals surface area contributed by atoms with Gasteiger partial charge in [0.1, 0.15) is 21.4 Å². The molecule has 0 atom stereocenters. The third-order valence-electron chi connectivity index (χ3n) is 8.88. The van der Waals surface area contributed by atoms with E-state index in [2.05, 4.69) is 20.7 Å². The van der Waals surface area contributed by atoms with Gasteiger partial charge >= 0.3 is 6.18 Å². The fourth-order valence-electron chi connectivity index (χ4n) is 6.25. The highest BCUT2D eigenvalue weighted by Gasteiger charge is 2.41. The van der Waals surface area contributed by atoms with E-state index in [1.54, 1.807) is 24.1 Å². The fraction of sp³-hybridized carbons (Fsp3) is 0.690. The number of carbonyl (C=O) groups is 1. The molecule has 4 rings (SSSR count). The third-order valence-corrected chi connectivity index (χ3v) is 10.6. The molecular weight excluding hydrogens is 571 g/mol. The van der Waals surface area contributed by atoms with Crippen molar-refractivity contribution < 1.29 is 31.1 Å². The number of methoxy groups -OCH3 is 1. The first-order valence-electron chi connectivity index (χ1n) is 14.7. The van der Waals surface area contributed by atoms with Crippen molar-refractivity contribution in [2.24, 2.45) is 17.8 Å². The smallest absolute Gasteiger partial charge is 0.391 e. The topological polar surface area (TPSA) is 115 Å². The van der Waals surface area contributed by atoms with E-state index in [4.69, 9.17) is 4.74 Å². The van der Waals surface area contributed by atoms with Crippen molar-refractivity contribution in [1.82, 2.24) is 20.1 Å².